The first-order chi connectivity index (χ1) is 6.57. The summed E-state index contributed by atoms with van der Waals surface area (Å²) in [5.74, 6) is 0.0917. The molecule has 5 heteroatoms. The van der Waals surface area contributed by atoms with Gasteiger partial charge in [0, 0.05) is 25.2 Å². The van der Waals surface area contributed by atoms with Crippen LogP contribution in [0.15, 0.2) is 0 Å². The molecule has 0 aromatic heterocycles. The van der Waals surface area contributed by atoms with Gasteiger partial charge in [0.05, 0.1) is 6.04 Å². The maximum absolute atomic E-state index is 11.9. The van der Waals surface area contributed by atoms with Crippen molar-refractivity contribution in [2.45, 2.75) is 45.3 Å². The van der Waals surface area contributed by atoms with Crippen LogP contribution in [0.4, 0.5) is 0 Å². The predicted molar refractivity (Wildman–Crippen MR) is 64.2 cm³/mol. The molecule has 0 aliphatic carbocycles. The third kappa shape index (κ3) is 3.33. The SMILES string of the molecule is CC[C@H](N)C(=O)N1C(C)CNCC1C.Cl. The van der Waals surface area contributed by atoms with Crippen molar-refractivity contribution in [2.75, 3.05) is 13.1 Å². The molecule has 90 valence electrons. The first-order valence-corrected chi connectivity index (χ1v) is 5.36. The minimum absolute atomic E-state index is 0. The van der Waals surface area contributed by atoms with Gasteiger partial charge in [-0.3, -0.25) is 4.79 Å². The van der Waals surface area contributed by atoms with E-state index in [-0.39, 0.29) is 36.4 Å². The van der Waals surface area contributed by atoms with Crippen molar-refractivity contribution in [1.82, 2.24) is 10.2 Å². The molecule has 0 radical (unpaired) electrons. The Bertz CT molecular complexity index is 203. The van der Waals surface area contributed by atoms with Crippen molar-refractivity contribution in [2.24, 2.45) is 5.73 Å². The Hall–Kier alpha value is -0.320. The van der Waals surface area contributed by atoms with E-state index in [1.54, 1.807) is 0 Å². The van der Waals surface area contributed by atoms with Crippen molar-refractivity contribution in [3.8, 4) is 0 Å². The fourth-order valence-electron chi connectivity index (χ4n) is 1.93. The van der Waals surface area contributed by atoms with Gasteiger partial charge in [0.15, 0.2) is 0 Å². The summed E-state index contributed by atoms with van der Waals surface area (Å²) in [4.78, 5) is 13.8. The molecular weight excluding hydrogens is 214 g/mol. The molecule has 0 bridgehead atoms. The van der Waals surface area contributed by atoms with Crippen LogP contribution >= 0.6 is 12.4 Å². The lowest BCUT2D eigenvalue weighted by Crippen LogP contribution is -2.60. The van der Waals surface area contributed by atoms with Crippen LogP contribution in [0, 0.1) is 0 Å². The summed E-state index contributed by atoms with van der Waals surface area (Å²) in [6.45, 7) is 7.80. The second-order valence-corrected chi connectivity index (χ2v) is 4.12. The normalized spacial score (nSPS) is 28.1. The summed E-state index contributed by atoms with van der Waals surface area (Å²) in [6.07, 6.45) is 0.711. The fourth-order valence-corrected chi connectivity index (χ4v) is 1.93. The lowest BCUT2D eigenvalue weighted by atomic mass is 10.1. The van der Waals surface area contributed by atoms with E-state index in [4.69, 9.17) is 5.73 Å². The zero-order valence-electron chi connectivity index (χ0n) is 9.69. The van der Waals surface area contributed by atoms with E-state index < -0.39 is 0 Å². The molecule has 0 aromatic carbocycles. The number of rotatable bonds is 2. The van der Waals surface area contributed by atoms with Crippen molar-refractivity contribution >= 4 is 18.3 Å². The Morgan fingerprint density at radius 3 is 2.33 bits per heavy atom. The molecule has 0 aromatic rings. The van der Waals surface area contributed by atoms with E-state index in [9.17, 15) is 4.79 Å². The van der Waals surface area contributed by atoms with Crippen LogP contribution in [-0.2, 0) is 4.79 Å². The summed E-state index contributed by atoms with van der Waals surface area (Å²) < 4.78 is 0. The van der Waals surface area contributed by atoms with Gasteiger partial charge in [-0.05, 0) is 20.3 Å². The summed E-state index contributed by atoms with van der Waals surface area (Å²) in [5, 5.41) is 3.29. The number of nitrogens with one attached hydrogen (secondary N) is 1. The molecule has 1 fully saturated rings. The van der Waals surface area contributed by atoms with Crippen LogP contribution in [0.1, 0.15) is 27.2 Å². The molecule has 2 unspecified atom stereocenters. The number of piperazine rings is 1. The third-order valence-corrected chi connectivity index (χ3v) is 2.84. The smallest absolute Gasteiger partial charge is 0.240 e. The summed E-state index contributed by atoms with van der Waals surface area (Å²) in [7, 11) is 0. The van der Waals surface area contributed by atoms with E-state index in [1.807, 2.05) is 11.8 Å². The highest BCUT2D eigenvalue weighted by molar-refractivity contribution is 5.85. The van der Waals surface area contributed by atoms with Crippen LogP contribution < -0.4 is 11.1 Å². The molecule has 3 atom stereocenters. The zero-order valence-corrected chi connectivity index (χ0v) is 10.5. The minimum atomic E-state index is -0.335. The molecule has 0 saturated carbocycles. The topological polar surface area (TPSA) is 58.4 Å². The summed E-state index contributed by atoms with van der Waals surface area (Å²) in [6, 6.07) is 0.172. The third-order valence-electron chi connectivity index (χ3n) is 2.84. The van der Waals surface area contributed by atoms with Crippen molar-refractivity contribution < 1.29 is 4.79 Å². The van der Waals surface area contributed by atoms with E-state index in [0.29, 0.717) is 6.42 Å². The number of halogens is 1. The number of hydrogen-bond acceptors (Lipinski definition) is 3. The molecule has 0 spiro atoms. The lowest BCUT2D eigenvalue weighted by Gasteiger charge is -2.40. The summed E-state index contributed by atoms with van der Waals surface area (Å²) in [5.41, 5.74) is 5.76. The number of carbonyl (C=O) groups is 1. The molecule has 1 heterocycles. The number of carbonyl (C=O) groups excluding carboxylic acids is 1. The van der Waals surface area contributed by atoms with Crippen LogP contribution in [-0.4, -0.2) is 42.0 Å². The molecule has 1 rings (SSSR count). The highest BCUT2D eigenvalue weighted by Gasteiger charge is 2.30. The average Bonchev–Trinajstić information content (AvgIpc) is 2.16. The maximum atomic E-state index is 11.9. The maximum Gasteiger partial charge on any atom is 0.240 e. The van der Waals surface area contributed by atoms with E-state index in [2.05, 4.69) is 19.2 Å². The number of nitrogens with zero attached hydrogens (tertiary/aromatic N) is 1. The largest absolute Gasteiger partial charge is 0.333 e. The zero-order chi connectivity index (χ0) is 10.7. The van der Waals surface area contributed by atoms with Gasteiger partial charge < -0.3 is 16.0 Å². The molecule has 1 saturated heterocycles. The minimum Gasteiger partial charge on any atom is -0.333 e. The highest BCUT2D eigenvalue weighted by atomic mass is 35.5. The standard InChI is InChI=1S/C10H21N3O.ClH/c1-4-9(11)10(14)13-7(2)5-12-6-8(13)3;/h7-9,12H,4-6,11H2,1-3H3;1H/t7?,8?,9-;/m0./s1. The van der Waals surface area contributed by atoms with Gasteiger partial charge in [-0.25, -0.2) is 0 Å². The number of hydrogen-bond donors (Lipinski definition) is 2. The van der Waals surface area contributed by atoms with Crippen LogP contribution in [0.25, 0.3) is 0 Å². The molecule has 1 amide bonds. The van der Waals surface area contributed by atoms with E-state index >= 15 is 0 Å². The second-order valence-electron chi connectivity index (χ2n) is 4.12. The Morgan fingerprint density at radius 1 is 1.47 bits per heavy atom. The highest BCUT2D eigenvalue weighted by Crippen LogP contribution is 2.11. The lowest BCUT2D eigenvalue weighted by molar-refractivity contribution is -0.138. The van der Waals surface area contributed by atoms with Crippen molar-refractivity contribution in [3.05, 3.63) is 0 Å². The van der Waals surface area contributed by atoms with Crippen LogP contribution in [0.5, 0.6) is 0 Å². The van der Waals surface area contributed by atoms with Crippen LogP contribution in [0.3, 0.4) is 0 Å². The van der Waals surface area contributed by atoms with Gasteiger partial charge in [0.1, 0.15) is 0 Å². The quantitative estimate of drug-likeness (QED) is 0.727. The van der Waals surface area contributed by atoms with Crippen molar-refractivity contribution in [1.29, 1.82) is 0 Å². The van der Waals surface area contributed by atoms with Gasteiger partial charge >= 0.3 is 0 Å². The molecule has 1 aliphatic rings. The average molecular weight is 236 g/mol. The van der Waals surface area contributed by atoms with Crippen molar-refractivity contribution in [3.63, 3.8) is 0 Å². The van der Waals surface area contributed by atoms with E-state index in [1.165, 1.54) is 0 Å². The Balaban J connectivity index is 0.00000196. The summed E-state index contributed by atoms with van der Waals surface area (Å²) >= 11 is 0. The number of amides is 1. The van der Waals surface area contributed by atoms with Gasteiger partial charge in [0.2, 0.25) is 5.91 Å². The number of nitrogens with two attached hydrogens (primary N) is 1. The molecule has 3 N–H and O–H groups in total. The first-order valence-electron chi connectivity index (χ1n) is 5.36. The molecule has 1 aliphatic heterocycles. The molecular formula is C10H22ClN3O. The molecule has 15 heavy (non-hydrogen) atoms. The first kappa shape index (κ1) is 14.7. The van der Waals surface area contributed by atoms with Gasteiger partial charge in [0.25, 0.3) is 0 Å². The monoisotopic (exact) mass is 235 g/mol. The van der Waals surface area contributed by atoms with Gasteiger partial charge in [-0.15, -0.1) is 12.4 Å². The Labute approximate surface area is 98.0 Å². The predicted octanol–water partition coefficient (Wildman–Crippen LogP) is 0.354. The van der Waals surface area contributed by atoms with Gasteiger partial charge in [-0.1, -0.05) is 6.92 Å². The van der Waals surface area contributed by atoms with E-state index in [0.717, 1.165) is 13.1 Å². The van der Waals surface area contributed by atoms with Crippen LogP contribution in [0.2, 0.25) is 0 Å². The van der Waals surface area contributed by atoms with Gasteiger partial charge in [-0.2, -0.15) is 0 Å². The second kappa shape index (κ2) is 6.30. The Morgan fingerprint density at radius 2 is 1.93 bits per heavy atom. The molecule has 4 nitrogen and oxygen atoms in total. The Kier molecular flexibility index (Phi) is 6.17. The fraction of sp³-hybridized carbons (Fsp3) is 0.900.